The zero-order chi connectivity index (χ0) is 23.6. The van der Waals surface area contributed by atoms with Crippen molar-refractivity contribution in [2.45, 2.75) is 4.90 Å². The van der Waals surface area contributed by atoms with Gasteiger partial charge in [-0.2, -0.15) is 10.2 Å². The smallest absolute Gasteiger partial charge is 0.269 e. The molecular formula is C23H13BrClN3O4S. The summed E-state index contributed by atoms with van der Waals surface area (Å²) in [5.41, 5.74) is -0.493. The van der Waals surface area contributed by atoms with Crippen LogP contribution < -0.4 is 10.3 Å². The maximum atomic E-state index is 13.2. The molecule has 0 bridgehead atoms. The Kier molecular flexibility index (Phi) is 6.33. The number of nitrogens with zero attached hydrogens (tertiary/aromatic N) is 3. The van der Waals surface area contributed by atoms with E-state index in [1.807, 2.05) is 0 Å². The van der Waals surface area contributed by atoms with E-state index in [9.17, 15) is 18.5 Å². The highest BCUT2D eigenvalue weighted by Crippen LogP contribution is 2.28. The van der Waals surface area contributed by atoms with Crippen LogP contribution in [0.5, 0.6) is 11.6 Å². The Hall–Kier alpha value is -3.45. The number of fused-ring (bicyclic) bond motifs is 1. The molecule has 4 aromatic rings. The Bertz CT molecular complexity index is 1590. The SMILES string of the molecule is N#C/C(=C\c1c(Oc2ccc(Cl)cc2)nc2ccccn2c1=O)S(=O)(=O)c1ccc(Br)cc1. The van der Waals surface area contributed by atoms with Crippen molar-refractivity contribution >= 4 is 49.1 Å². The van der Waals surface area contributed by atoms with Gasteiger partial charge < -0.3 is 4.74 Å². The predicted molar refractivity (Wildman–Crippen MR) is 128 cm³/mol. The first kappa shape index (κ1) is 22.7. The fourth-order valence-electron chi connectivity index (χ4n) is 2.94. The summed E-state index contributed by atoms with van der Waals surface area (Å²) in [6.07, 6.45) is 2.47. The number of rotatable bonds is 5. The lowest BCUT2D eigenvalue weighted by molar-refractivity contribution is 0.461. The molecule has 2 aromatic heterocycles. The number of pyridine rings is 1. The fourth-order valence-corrected chi connectivity index (χ4v) is 4.47. The fraction of sp³-hybridized carbons (Fsp3) is 0. The Morgan fingerprint density at radius 2 is 1.79 bits per heavy atom. The Morgan fingerprint density at radius 1 is 1.09 bits per heavy atom. The zero-order valence-electron chi connectivity index (χ0n) is 16.6. The molecule has 7 nitrogen and oxygen atoms in total. The van der Waals surface area contributed by atoms with E-state index in [4.69, 9.17) is 16.3 Å². The molecular weight excluding hydrogens is 530 g/mol. The van der Waals surface area contributed by atoms with Crippen molar-refractivity contribution in [1.29, 1.82) is 5.26 Å². The molecule has 164 valence electrons. The molecule has 0 amide bonds. The maximum absolute atomic E-state index is 13.2. The third-order valence-corrected chi connectivity index (χ3v) is 7.02. The number of benzene rings is 2. The van der Waals surface area contributed by atoms with Gasteiger partial charge in [-0.3, -0.25) is 9.20 Å². The second-order valence-electron chi connectivity index (χ2n) is 6.70. The van der Waals surface area contributed by atoms with Crippen molar-refractivity contribution in [3.63, 3.8) is 0 Å². The normalized spacial score (nSPS) is 11.8. The van der Waals surface area contributed by atoms with Gasteiger partial charge in [-0.05, 0) is 66.7 Å². The third kappa shape index (κ3) is 4.68. The van der Waals surface area contributed by atoms with E-state index in [-0.39, 0.29) is 22.0 Å². The van der Waals surface area contributed by atoms with Crippen LogP contribution in [0, 0.1) is 11.3 Å². The molecule has 0 aliphatic rings. The lowest BCUT2D eigenvalue weighted by Crippen LogP contribution is -2.19. The van der Waals surface area contributed by atoms with Crippen LogP contribution in [0.2, 0.25) is 5.02 Å². The quantitative estimate of drug-likeness (QED) is 0.320. The largest absolute Gasteiger partial charge is 0.438 e. The Balaban J connectivity index is 1.92. The average molecular weight is 543 g/mol. The van der Waals surface area contributed by atoms with Gasteiger partial charge in [0, 0.05) is 15.7 Å². The number of nitriles is 1. The summed E-state index contributed by atoms with van der Waals surface area (Å²) < 4.78 is 33.9. The Labute approximate surface area is 202 Å². The summed E-state index contributed by atoms with van der Waals surface area (Å²) in [5.74, 6) is 0.183. The van der Waals surface area contributed by atoms with E-state index in [1.165, 1.54) is 22.7 Å². The van der Waals surface area contributed by atoms with Gasteiger partial charge >= 0.3 is 0 Å². The van der Waals surface area contributed by atoms with Crippen molar-refractivity contribution < 1.29 is 13.2 Å². The zero-order valence-corrected chi connectivity index (χ0v) is 19.8. The number of aromatic nitrogens is 2. The van der Waals surface area contributed by atoms with Crippen LogP contribution in [0.25, 0.3) is 11.7 Å². The van der Waals surface area contributed by atoms with Crippen LogP contribution in [-0.2, 0) is 9.84 Å². The molecule has 0 aliphatic carbocycles. The number of sulfone groups is 1. The van der Waals surface area contributed by atoms with Gasteiger partial charge in [-0.1, -0.05) is 33.6 Å². The van der Waals surface area contributed by atoms with Crippen molar-refractivity contribution in [3.8, 4) is 17.7 Å². The summed E-state index contributed by atoms with van der Waals surface area (Å²) in [4.78, 5) is 16.9. The molecule has 10 heteroatoms. The topological polar surface area (TPSA) is 102 Å². The Morgan fingerprint density at radius 3 is 2.45 bits per heavy atom. The summed E-state index contributed by atoms with van der Waals surface area (Å²) in [5, 5.41) is 10.2. The predicted octanol–water partition coefficient (Wildman–Crippen LogP) is 5.24. The number of hydrogen-bond acceptors (Lipinski definition) is 6. The number of hydrogen-bond donors (Lipinski definition) is 0. The maximum Gasteiger partial charge on any atom is 0.269 e. The molecule has 0 N–H and O–H groups in total. The number of ether oxygens (including phenoxy) is 1. The highest BCUT2D eigenvalue weighted by atomic mass is 79.9. The van der Waals surface area contributed by atoms with E-state index in [0.29, 0.717) is 15.2 Å². The van der Waals surface area contributed by atoms with Crippen molar-refractivity contribution in [2.24, 2.45) is 0 Å². The standard InChI is InChI=1S/C23H13BrClN3O4S/c24-15-4-10-18(11-5-15)33(30,31)19(14-26)13-20-22(32-17-8-6-16(25)7-9-17)27-21-3-1-2-12-28(21)23(20)29/h1-13H/b19-13+. The third-order valence-electron chi connectivity index (χ3n) is 4.56. The first-order valence-corrected chi connectivity index (χ1v) is 12.0. The molecule has 2 aromatic carbocycles. The van der Waals surface area contributed by atoms with Gasteiger partial charge in [0.05, 0.1) is 4.90 Å². The monoisotopic (exact) mass is 541 g/mol. The first-order valence-electron chi connectivity index (χ1n) is 9.37. The van der Waals surface area contributed by atoms with Gasteiger partial charge in [0.1, 0.15) is 27.9 Å². The summed E-state index contributed by atoms with van der Waals surface area (Å²) in [6.45, 7) is 0. The lowest BCUT2D eigenvalue weighted by Gasteiger charge is -2.10. The summed E-state index contributed by atoms with van der Waals surface area (Å²) in [6, 6.07) is 18.8. The van der Waals surface area contributed by atoms with Crippen LogP contribution in [0.3, 0.4) is 0 Å². The van der Waals surface area contributed by atoms with E-state index < -0.39 is 20.3 Å². The minimum Gasteiger partial charge on any atom is -0.438 e. The molecule has 0 unspecified atom stereocenters. The summed E-state index contributed by atoms with van der Waals surface area (Å²) >= 11 is 9.16. The van der Waals surface area contributed by atoms with E-state index in [2.05, 4.69) is 20.9 Å². The highest BCUT2D eigenvalue weighted by molar-refractivity contribution is 9.10. The van der Waals surface area contributed by atoms with Gasteiger partial charge in [0.2, 0.25) is 15.7 Å². The molecule has 0 radical (unpaired) electrons. The second-order valence-corrected chi connectivity index (χ2v) is 9.97. The van der Waals surface area contributed by atoms with Crippen LogP contribution in [0.1, 0.15) is 5.56 Å². The second kappa shape index (κ2) is 9.19. The van der Waals surface area contributed by atoms with E-state index in [1.54, 1.807) is 60.7 Å². The molecule has 2 heterocycles. The molecule has 0 aliphatic heterocycles. The highest BCUT2D eigenvalue weighted by Gasteiger charge is 2.23. The number of allylic oxidation sites excluding steroid dienone is 1. The molecule has 0 saturated heterocycles. The minimum atomic E-state index is -4.20. The first-order chi connectivity index (χ1) is 15.8. The molecule has 0 fully saturated rings. The van der Waals surface area contributed by atoms with Gasteiger partial charge in [-0.25, -0.2) is 8.42 Å². The molecule has 0 spiro atoms. The lowest BCUT2D eigenvalue weighted by atomic mass is 10.2. The van der Waals surface area contributed by atoms with Gasteiger partial charge in [0.25, 0.3) is 5.56 Å². The molecule has 33 heavy (non-hydrogen) atoms. The molecule has 4 rings (SSSR count). The minimum absolute atomic E-state index is 0.0903. The van der Waals surface area contributed by atoms with Crippen LogP contribution >= 0.6 is 27.5 Å². The van der Waals surface area contributed by atoms with Gasteiger partial charge in [-0.15, -0.1) is 0 Å². The van der Waals surface area contributed by atoms with Crippen LogP contribution in [-0.4, -0.2) is 17.8 Å². The van der Waals surface area contributed by atoms with Crippen LogP contribution in [0.4, 0.5) is 0 Å². The summed E-state index contributed by atoms with van der Waals surface area (Å²) in [7, 11) is -4.20. The number of halogens is 2. The van der Waals surface area contributed by atoms with E-state index in [0.717, 1.165) is 6.08 Å². The van der Waals surface area contributed by atoms with Crippen LogP contribution in [0.15, 0.2) is 92.0 Å². The van der Waals surface area contributed by atoms with Crippen molar-refractivity contribution in [1.82, 2.24) is 9.38 Å². The molecule has 0 saturated carbocycles. The van der Waals surface area contributed by atoms with E-state index >= 15 is 0 Å². The molecule has 0 atom stereocenters. The van der Waals surface area contributed by atoms with Crippen molar-refractivity contribution in [3.05, 3.63) is 103 Å². The van der Waals surface area contributed by atoms with Crippen molar-refractivity contribution in [2.75, 3.05) is 0 Å². The van der Waals surface area contributed by atoms with Gasteiger partial charge in [0.15, 0.2) is 0 Å². The average Bonchev–Trinajstić information content (AvgIpc) is 2.80.